The van der Waals surface area contributed by atoms with Crippen molar-refractivity contribution in [3.63, 3.8) is 0 Å². The number of piperidine rings is 1. The number of nitrogens with zero attached hydrogens (tertiary/aromatic N) is 3. The van der Waals surface area contributed by atoms with Crippen molar-refractivity contribution >= 4 is 11.9 Å². The summed E-state index contributed by atoms with van der Waals surface area (Å²) in [5.74, 6) is 1.69. The molecule has 26 heavy (non-hydrogen) atoms. The summed E-state index contributed by atoms with van der Waals surface area (Å²) in [4.78, 5) is 21.5. The van der Waals surface area contributed by atoms with Crippen molar-refractivity contribution in [2.24, 2.45) is 10.9 Å². The second kappa shape index (κ2) is 12.2. The Hall–Kier alpha value is -1.30. The van der Waals surface area contributed by atoms with Crippen molar-refractivity contribution in [3.05, 3.63) is 0 Å². The van der Waals surface area contributed by atoms with Gasteiger partial charge in [-0.05, 0) is 53.4 Å². The van der Waals surface area contributed by atoms with Crippen LogP contribution in [0.3, 0.4) is 0 Å². The van der Waals surface area contributed by atoms with E-state index in [2.05, 4.69) is 62.1 Å². The lowest BCUT2D eigenvalue weighted by atomic mass is 10.00. The van der Waals surface area contributed by atoms with Crippen LogP contribution in [0.15, 0.2) is 4.99 Å². The zero-order valence-electron chi connectivity index (χ0n) is 17.8. The van der Waals surface area contributed by atoms with Gasteiger partial charge in [-0.1, -0.05) is 6.92 Å². The quantitative estimate of drug-likeness (QED) is 0.485. The van der Waals surface area contributed by atoms with E-state index in [1.54, 1.807) is 0 Å². The summed E-state index contributed by atoms with van der Waals surface area (Å²) in [5.41, 5.74) is 0. The molecule has 1 fully saturated rings. The van der Waals surface area contributed by atoms with Crippen LogP contribution in [-0.2, 0) is 4.79 Å². The van der Waals surface area contributed by atoms with Crippen LogP contribution in [0.25, 0.3) is 0 Å². The lowest BCUT2D eigenvalue weighted by Gasteiger charge is -2.31. The van der Waals surface area contributed by atoms with Crippen molar-refractivity contribution in [2.75, 3.05) is 39.3 Å². The standard InChI is InChI=1S/C20H41N5O/c1-7-21-20(23-12-14-25(16(2)3)17(4)5)22-11-10-19(26)24-13-8-9-18(6)15-24/h16-18H,7-15H2,1-6H3,(H2,21,22,23). The minimum atomic E-state index is 0.255. The molecule has 1 aliphatic heterocycles. The third-order valence-corrected chi connectivity index (χ3v) is 4.94. The molecular weight excluding hydrogens is 326 g/mol. The number of likely N-dealkylation sites (tertiary alicyclic amines) is 1. The highest BCUT2D eigenvalue weighted by Gasteiger charge is 2.20. The van der Waals surface area contributed by atoms with Crippen LogP contribution in [0, 0.1) is 5.92 Å². The summed E-state index contributed by atoms with van der Waals surface area (Å²) >= 11 is 0. The monoisotopic (exact) mass is 367 g/mol. The Morgan fingerprint density at radius 3 is 2.50 bits per heavy atom. The van der Waals surface area contributed by atoms with Crippen LogP contribution < -0.4 is 10.6 Å². The van der Waals surface area contributed by atoms with Gasteiger partial charge >= 0.3 is 0 Å². The first-order valence-electron chi connectivity index (χ1n) is 10.4. The second-order valence-corrected chi connectivity index (χ2v) is 7.95. The van der Waals surface area contributed by atoms with E-state index in [1.807, 2.05) is 4.90 Å². The molecule has 1 atom stereocenters. The SMILES string of the molecule is CCNC(=NCCN(C(C)C)C(C)C)NCCC(=O)N1CCCC(C)C1. The lowest BCUT2D eigenvalue weighted by Crippen LogP contribution is -2.43. The molecule has 1 heterocycles. The van der Waals surface area contributed by atoms with Crippen LogP contribution in [-0.4, -0.2) is 73.0 Å². The molecular formula is C20H41N5O. The fourth-order valence-electron chi connectivity index (χ4n) is 3.59. The van der Waals surface area contributed by atoms with Gasteiger partial charge in [-0.3, -0.25) is 14.7 Å². The molecule has 1 aliphatic rings. The Morgan fingerprint density at radius 1 is 1.23 bits per heavy atom. The zero-order chi connectivity index (χ0) is 19.5. The molecule has 0 aromatic rings. The van der Waals surface area contributed by atoms with E-state index in [0.29, 0.717) is 31.0 Å². The van der Waals surface area contributed by atoms with Crippen molar-refractivity contribution in [1.82, 2.24) is 20.4 Å². The van der Waals surface area contributed by atoms with Gasteiger partial charge in [-0.15, -0.1) is 0 Å². The van der Waals surface area contributed by atoms with Crippen LogP contribution >= 0.6 is 0 Å². The maximum Gasteiger partial charge on any atom is 0.224 e. The molecule has 0 aromatic heterocycles. The first kappa shape index (κ1) is 22.7. The number of rotatable bonds is 9. The average Bonchev–Trinajstić information content (AvgIpc) is 2.57. The number of carbonyl (C=O) groups excluding carboxylic acids is 1. The minimum Gasteiger partial charge on any atom is -0.357 e. The summed E-state index contributed by atoms with van der Waals surface area (Å²) < 4.78 is 0. The molecule has 2 N–H and O–H groups in total. The highest BCUT2D eigenvalue weighted by Crippen LogP contribution is 2.15. The molecule has 0 aliphatic carbocycles. The summed E-state index contributed by atoms with van der Waals surface area (Å²) in [6, 6.07) is 1.04. The van der Waals surface area contributed by atoms with E-state index in [1.165, 1.54) is 6.42 Å². The molecule has 0 saturated carbocycles. The van der Waals surface area contributed by atoms with Gasteiger partial charge in [0.15, 0.2) is 5.96 Å². The van der Waals surface area contributed by atoms with Gasteiger partial charge in [-0.2, -0.15) is 0 Å². The summed E-state index contributed by atoms with van der Waals surface area (Å²) in [5, 5.41) is 6.58. The van der Waals surface area contributed by atoms with Gasteiger partial charge in [0.05, 0.1) is 6.54 Å². The number of aliphatic imine (C=N–C) groups is 1. The largest absolute Gasteiger partial charge is 0.357 e. The normalized spacial score (nSPS) is 18.7. The summed E-state index contributed by atoms with van der Waals surface area (Å²) in [7, 11) is 0. The van der Waals surface area contributed by atoms with E-state index in [9.17, 15) is 4.79 Å². The topological polar surface area (TPSA) is 60.0 Å². The Bertz CT molecular complexity index is 428. The number of hydrogen-bond acceptors (Lipinski definition) is 3. The van der Waals surface area contributed by atoms with Gasteiger partial charge in [0.1, 0.15) is 0 Å². The van der Waals surface area contributed by atoms with Gasteiger partial charge < -0.3 is 15.5 Å². The maximum atomic E-state index is 12.4. The summed E-state index contributed by atoms with van der Waals surface area (Å²) in [6.45, 7) is 18.2. The molecule has 0 spiro atoms. The third kappa shape index (κ3) is 8.39. The predicted molar refractivity (Wildman–Crippen MR) is 111 cm³/mol. The lowest BCUT2D eigenvalue weighted by molar-refractivity contribution is -0.132. The number of amides is 1. The van der Waals surface area contributed by atoms with E-state index in [4.69, 9.17) is 0 Å². The van der Waals surface area contributed by atoms with E-state index in [0.717, 1.165) is 45.1 Å². The van der Waals surface area contributed by atoms with E-state index < -0.39 is 0 Å². The van der Waals surface area contributed by atoms with Crippen LogP contribution in [0.1, 0.15) is 60.8 Å². The van der Waals surface area contributed by atoms with Gasteiger partial charge in [0, 0.05) is 51.2 Å². The first-order chi connectivity index (χ1) is 12.3. The highest BCUT2D eigenvalue weighted by atomic mass is 16.2. The fourth-order valence-corrected chi connectivity index (χ4v) is 3.59. The van der Waals surface area contributed by atoms with Crippen molar-refractivity contribution in [1.29, 1.82) is 0 Å². The Kier molecular flexibility index (Phi) is 10.6. The number of hydrogen-bond donors (Lipinski definition) is 2. The van der Waals surface area contributed by atoms with E-state index >= 15 is 0 Å². The van der Waals surface area contributed by atoms with Gasteiger partial charge in [0.25, 0.3) is 0 Å². The number of carbonyl (C=O) groups is 1. The fraction of sp³-hybridized carbons (Fsp3) is 0.900. The van der Waals surface area contributed by atoms with Crippen LogP contribution in [0.2, 0.25) is 0 Å². The van der Waals surface area contributed by atoms with Crippen molar-refractivity contribution in [3.8, 4) is 0 Å². The average molecular weight is 368 g/mol. The molecule has 6 nitrogen and oxygen atoms in total. The second-order valence-electron chi connectivity index (χ2n) is 7.95. The molecule has 1 unspecified atom stereocenters. The Balaban J connectivity index is 2.40. The highest BCUT2D eigenvalue weighted by molar-refractivity contribution is 5.81. The zero-order valence-corrected chi connectivity index (χ0v) is 17.8. The predicted octanol–water partition coefficient (Wildman–Crippen LogP) is 2.31. The third-order valence-electron chi connectivity index (χ3n) is 4.94. The van der Waals surface area contributed by atoms with E-state index in [-0.39, 0.29) is 5.91 Å². The maximum absolute atomic E-state index is 12.4. The minimum absolute atomic E-state index is 0.255. The molecule has 152 valence electrons. The number of guanidine groups is 1. The molecule has 0 radical (unpaired) electrons. The van der Waals surface area contributed by atoms with Gasteiger partial charge in [-0.25, -0.2) is 0 Å². The Morgan fingerprint density at radius 2 is 1.92 bits per heavy atom. The molecule has 6 heteroatoms. The van der Waals surface area contributed by atoms with Crippen LogP contribution in [0.4, 0.5) is 0 Å². The van der Waals surface area contributed by atoms with Crippen molar-refractivity contribution < 1.29 is 4.79 Å². The first-order valence-corrected chi connectivity index (χ1v) is 10.4. The number of nitrogens with one attached hydrogen (secondary N) is 2. The molecule has 1 saturated heterocycles. The molecule has 1 amide bonds. The van der Waals surface area contributed by atoms with Gasteiger partial charge in [0.2, 0.25) is 5.91 Å². The molecule has 1 rings (SSSR count). The smallest absolute Gasteiger partial charge is 0.224 e. The molecule has 0 bridgehead atoms. The summed E-state index contributed by atoms with van der Waals surface area (Å²) in [6.07, 6.45) is 2.90. The van der Waals surface area contributed by atoms with Crippen LogP contribution in [0.5, 0.6) is 0 Å². The molecule has 0 aromatic carbocycles. The van der Waals surface area contributed by atoms with Crippen molar-refractivity contribution in [2.45, 2.75) is 72.9 Å². The Labute approximate surface area is 160 Å².